The number of aromatic hydroxyl groups is 1. The fourth-order valence-corrected chi connectivity index (χ4v) is 5.93. The highest BCUT2D eigenvalue weighted by atomic mass is 16.7. The highest BCUT2D eigenvalue weighted by Gasteiger charge is 2.51. The van der Waals surface area contributed by atoms with Crippen molar-refractivity contribution in [1.29, 1.82) is 0 Å². The van der Waals surface area contributed by atoms with Crippen molar-refractivity contribution < 1.29 is 78.5 Å². The maximum absolute atomic E-state index is 13.2. The highest BCUT2D eigenvalue weighted by Crippen LogP contribution is 2.44. The SMILES string of the molecule is COc1cc([C@@H]2CC(=O)c3c(O)cc(O[C@@H]4O[C@H](CO)[C@@H](O)[C@H](O)[C@H]4O)cc3O2)ccc1O[C@@H]1OC[C@](O)(COC(=O)/C=C/c2ccccc2)[C@H]1O. The van der Waals surface area contributed by atoms with Gasteiger partial charge in [-0.2, -0.15) is 0 Å². The minimum atomic E-state index is -1.96. The van der Waals surface area contributed by atoms with Gasteiger partial charge in [-0.25, -0.2) is 4.79 Å². The van der Waals surface area contributed by atoms with Gasteiger partial charge in [0.1, 0.15) is 59.9 Å². The number of benzene rings is 3. The summed E-state index contributed by atoms with van der Waals surface area (Å²) in [5, 5.41) is 72.4. The Bertz CT molecular complexity index is 1780. The average molecular weight is 727 g/mol. The summed E-state index contributed by atoms with van der Waals surface area (Å²) in [4.78, 5) is 25.4. The third kappa shape index (κ3) is 7.69. The first-order valence-corrected chi connectivity index (χ1v) is 16.2. The molecular weight excluding hydrogens is 688 g/mol. The maximum Gasteiger partial charge on any atom is 0.330 e. The lowest BCUT2D eigenvalue weighted by Gasteiger charge is -2.39. The standard InChI is InChI=1S/C36H38O16/c1-46-25-11-19(8-9-23(25)51-35-33(44)36(45,17-48-35)16-47-28(40)10-7-18-5-3-2-4-6-18)24-14-22(39)29-21(38)12-20(13-26(29)50-24)49-34-32(43)31(42)30(41)27(15-37)52-34/h2-13,24,27,30-35,37-38,41-45H,14-17H2,1H3/b10-7+/t24-,27+,30+,31-,32+,33-,34+,35-,36+/m0/s1. The van der Waals surface area contributed by atoms with Crippen molar-refractivity contribution in [1.82, 2.24) is 0 Å². The molecule has 7 N–H and O–H groups in total. The zero-order valence-electron chi connectivity index (χ0n) is 27.7. The molecule has 0 unspecified atom stereocenters. The second-order valence-corrected chi connectivity index (χ2v) is 12.5. The summed E-state index contributed by atoms with van der Waals surface area (Å²) in [7, 11) is 1.36. The van der Waals surface area contributed by atoms with Gasteiger partial charge in [0.25, 0.3) is 0 Å². The second-order valence-electron chi connectivity index (χ2n) is 12.5. The molecule has 0 radical (unpaired) electrons. The summed E-state index contributed by atoms with van der Waals surface area (Å²) >= 11 is 0. The van der Waals surface area contributed by atoms with Crippen LogP contribution in [-0.4, -0.2) is 123 Å². The number of fused-ring (bicyclic) bond motifs is 1. The van der Waals surface area contributed by atoms with Gasteiger partial charge in [-0.05, 0) is 29.3 Å². The van der Waals surface area contributed by atoms with Crippen molar-refractivity contribution >= 4 is 17.8 Å². The molecular formula is C36H38O16. The Hall–Kier alpha value is -4.78. The van der Waals surface area contributed by atoms with E-state index < -0.39 is 92.1 Å². The number of aliphatic hydroxyl groups excluding tert-OH is 5. The van der Waals surface area contributed by atoms with Gasteiger partial charge < -0.3 is 68.9 Å². The van der Waals surface area contributed by atoms with Gasteiger partial charge in [-0.1, -0.05) is 36.4 Å². The Morgan fingerprint density at radius 1 is 0.962 bits per heavy atom. The van der Waals surface area contributed by atoms with E-state index in [2.05, 4.69) is 0 Å². The average Bonchev–Trinajstić information content (AvgIpc) is 3.42. The molecule has 0 aromatic heterocycles. The molecule has 52 heavy (non-hydrogen) atoms. The molecule has 3 heterocycles. The Morgan fingerprint density at radius 2 is 1.73 bits per heavy atom. The molecule has 2 saturated heterocycles. The van der Waals surface area contributed by atoms with Crippen molar-refractivity contribution in [2.24, 2.45) is 0 Å². The lowest BCUT2D eigenvalue weighted by Crippen LogP contribution is -2.60. The first-order chi connectivity index (χ1) is 24.9. The lowest BCUT2D eigenvalue weighted by atomic mass is 9.95. The number of hydrogen-bond donors (Lipinski definition) is 7. The van der Waals surface area contributed by atoms with Gasteiger partial charge in [-0.15, -0.1) is 0 Å². The fraction of sp³-hybridized carbons (Fsp3) is 0.389. The number of Topliss-reactive ketones (excluding diaryl/α,β-unsaturated/α-hetero) is 1. The number of ether oxygens (including phenoxy) is 7. The molecule has 278 valence electrons. The van der Waals surface area contributed by atoms with Crippen LogP contribution in [-0.2, 0) is 19.0 Å². The zero-order valence-corrected chi connectivity index (χ0v) is 27.7. The number of phenolic OH excluding ortho intramolecular Hbond substituents is 1. The molecule has 0 spiro atoms. The molecule has 0 amide bonds. The number of carbonyl (C=O) groups excluding carboxylic acids is 2. The van der Waals surface area contributed by atoms with Gasteiger partial charge >= 0.3 is 5.97 Å². The smallest absolute Gasteiger partial charge is 0.330 e. The number of esters is 1. The normalized spacial score (nSPS) is 30.0. The van der Waals surface area contributed by atoms with E-state index in [1.54, 1.807) is 24.3 Å². The molecule has 0 aliphatic carbocycles. The van der Waals surface area contributed by atoms with Crippen molar-refractivity contribution in [2.45, 2.75) is 61.2 Å². The van der Waals surface area contributed by atoms with E-state index in [1.807, 2.05) is 18.2 Å². The number of ketones is 1. The van der Waals surface area contributed by atoms with E-state index in [-0.39, 0.29) is 35.0 Å². The molecule has 3 aliphatic rings. The van der Waals surface area contributed by atoms with Crippen molar-refractivity contribution in [2.75, 3.05) is 26.9 Å². The predicted molar refractivity (Wildman–Crippen MR) is 176 cm³/mol. The third-order valence-electron chi connectivity index (χ3n) is 8.86. The van der Waals surface area contributed by atoms with E-state index in [9.17, 15) is 45.3 Å². The van der Waals surface area contributed by atoms with Gasteiger partial charge in [-0.3, -0.25) is 4.79 Å². The van der Waals surface area contributed by atoms with Crippen LogP contribution >= 0.6 is 0 Å². The third-order valence-corrected chi connectivity index (χ3v) is 8.86. The van der Waals surface area contributed by atoms with E-state index in [0.29, 0.717) is 5.56 Å². The van der Waals surface area contributed by atoms with Crippen molar-refractivity contribution in [3.05, 3.63) is 83.4 Å². The molecule has 3 aliphatic heterocycles. The molecule has 9 atom stereocenters. The van der Waals surface area contributed by atoms with Gasteiger partial charge in [0.05, 0.1) is 26.7 Å². The Kier molecular flexibility index (Phi) is 11.0. The van der Waals surface area contributed by atoms with E-state index >= 15 is 0 Å². The van der Waals surface area contributed by atoms with Crippen molar-refractivity contribution in [3.63, 3.8) is 0 Å². The van der Waals surface area contributed by atoms with Crippen LogP contribution in [0.1, 0.15) is 34.0 Å². The summed E-state index contributed by atoms with van der Waals surface area (Å²) in [5.41, 5.74) is -0.838. The summed E-state index contributed by atoms with van der Waals surface area (Å²) in [6.07, 6.45) is -9.08. The van der Waals surface area contributed by atoms with Crippen LogP contribution in [0.15, 0.2) is 66.7 Å². The van der Waals surface area contributed by atoms with Crippen LogP contribution in [0, 0.1) is 0 Å². The minimum Gasteiger partial charge on any atom is -0.507 e. The first-order valence-electron chi connectivity index (χ1n) is 16.2. The Morgan fingerprint density at radius 3 is 2.46 bits per heavy atom. The predicted octanol–water partition coefficient (Wildman–Crippen LogP) is 0.370. The van der Waals surface area contributed by atoms with E-state index in [1.165, 1.54) is 31.4 Å². The fourth-order valence-electron chi connectivity index (χ4n) is 5.93. The van der Waals surface area contributed by atoms with Crippen LogP contribution in [0.4, 0.5) is 0 Å². The monoisotopic (exact) mass is 726 g/mol. The first kappa shape index (κ1) is 37.0. The molecule has 0 saturated carbocycles. The number of carbonyl (C=O) groups is 2. The van der Waals surface area contributed by atoms with Crippen LogP contribution in [0.2, 0.25) is 0 Å². The van der Waals surface area contributed by atoms with Gasteiger partial charge in [0.15, 0.2) is 29.0 Å². The summed E-state index contributed by atoms with van der Waals surface area (Å²) in [6.45, 7) is -1.64. The maximum atomic E-state index is 13.2. The minimum absolute atomic E-state index is 0.0573. The van der Waals surface area contributed by atoms with Crippen LogP contribution in [0.3, 0.4) is 0 Å². The van der Waals surface area contributed by atoms with Crippen LogP contribution < -0.4 is 18.9 Å². The summed E-state index contributed by atoms with van der Waals surface area (Å²) < 4.78 is 39.0. The molecule has 3 aromatic rings. The molecule has 0 bridgehead atoms. The molecule has 16 heteroatoms. The van der Waals surface area contributed by atoms with E-state index in [4.69, 9.17) is 33.2 Å². The van der Waals surface area contributed by atoms with Crippen LogP contribution in [0.25, 0.3) is 6.08 Å². The topological polar surface area (TPSA) is 240 Å². The molecule has 2 fully saturated rings. The number of phenols is 1. The molecule has 3 aromatic carbocycles. The largest absolute Gasteiger partial charge is 0.507 e. The van der Waals surface area contributed by atoms with Gasteiger partial charge in [0, 0.05) is 18.2 Å². The van der Waals surface area contributed by atoms with Crippen LogP contribution in [0.5, 0.6) is 28.7 Å². The second kappa shape index (κ2) is 15.4. The Balaban J connectivity index is 1.11. The molecule has 6 rings (SSSR count). The van der Waals surface area contributed by atoms with Gasteiger partial charge in [0.2, 0.25) is 12.6 Å². The van der Waals surface area contributed by atoms with Crippen molar-refractivity contribution in [3.8, 4) is 28.7 Å². The summed E-state index contributed by atoms with van der Waals surface area (Å²) in [6, 6.07) is 16.0. The quantitative estimate of drug-likeness (QED) is 0.104. The number of hydrogen-bond acceptors (Lipinski definition) is 16. The number of methoxy groups -OCH3 is 1. The molecule has 16 nitrogen and oxygen atoms in total. The summed E-state index contributed by atoms with van der Waals surface area (Å²) in [5.74, 6) is -1.56. The van der Waals surface area contributed by atoms with E-state index in [0.717, 1.165) is 11.6 Å². The lowest BCUT2D eigenvalue weighted by molar-refractivity contribution is -0.277. The number of aliphatic hydroxyl groups is 6. The zero-order chi connectivity index (χ0) is 37.2. The highest BCUT2D eigenvalue weighted by molar-refractivity contribution is 6.02. The Labute approximate surface area is 296 Å². The number of rotatable bonds is 11.